The quantitative estimate of drug-likeness (QED) is 0.850. The Labute approximate surface area is 156 Å². The first kappa shape index (κ1) is 17.8. The van der Waals surface area contributed by atoms with Crippen LogP contribution in [-0.4, -0.2) is 18.4 Å². The Hall–Kier alpha value is -2.04. The number of hydrogen-bond donors (Lipinski definition) is 1. The van der Waals surface area contributed by atoms with Crippen molar-refractivity contribution in [3.63, 3.8) is 0 Å². The van der Waals surface area contributed by atoms with Gasteiger partial charge in [0.1, 0.15) is 0 Å². The lowest BCUT2D eigenvalue weighted by atomic mass is 10.1. The molecule has 1 fully saturated rings. The van der Waals surface area contributed by atoms with E-state index in [1.54, 1.807) is 23.1 Å². The fourth-order valence-electron chi connectivity index (χ4n) is 3.05. The molecule has 6 heteroatoms. The summed E-state index contributed by atoms with van der Waals surface area (Å²) in [7, 11) is 0. The van der Waals surface area contributed by atoms with Gasteiger partial charge < -0.3 is 10.2 Å². The maximum atomic E-state index is 12.6. The molecule has 2 aromatic carbocycles. The molecule has 1 N–H and O–H groups in total. The monoisotopic (exact) mass is 376 g/mol. The van der Waals surface area contributed by atoms with Gasteiger partial charge in [-0.15, -0.1) is 0 Å². The van der Waals surface area contributed by atoms with Gasteiger partial charge in [0.05, 0.1) is 16.6 Å². The minimum atomic E-state index is -0.418. The zero-order valence-electron chi connectivity index (χ0n) is 14.0. The molecule has 0 saturated carbocycles. The van der Waals surface area contributed by atoms with E-state index >= 15 is 0 Å². The lowest BCUT2D eigenvalue weighted by Gasteiger charge is -2.19. The molecule has 1 heterocycles. The fourth-order valence-corrected chi connectivity index (χ4v) is 3.56. The number of carbonyl (C=O) groups is 2. The second kappa shape index (κ2) is 7.06. The zero-order valence-corrected chi connectivity index (χ0v) is 15.5. The van der Waals surface area contributed by atoms with E-state index in [-0.39, 0.29) is 18.2 Å². The number of rotatable bonds is 3. The van der Waals surface area contributed by atoms with Crippen molar-refractivity contribution < 1.29 is 9.59 Å². The summed E-state index contributed by atoms with van der Waals surface area (Å²) in [5.74, 6) is -0.692. The van der Waals surface area contributed by atoms with Crippen LogP contribution in [-0.2, 0) is 9.59 Å². The van der Waals surface area contributed by atoms with Gasteiger partial charge in [-0.3, -0.25) is 9.59 Å². The van der Waals surface area contributed by atoms with Crippen LogP contribution in [0.3, 0.4) is 0 Å². The van der Waals surface area contributed by atoms with Crippen LogP contribution in [0.1, 0.15) is 17.5 Å². The molecule has 1 aliphatic rings. The second-order valence-electron chi connectivity index (χ2n) is 6.26. The number of hydrogen-bond acceptors (Lipinski definition) is 2. The Morgan fingerprint density at radius 2 is 1.84 bits per heavy atom. The number of anilines is 2. The van der Waals surface area contributed by atoms with Crippen LogP contribution < -0.4 is 10.2 Å². The molecule has 1 atom stereocenters. The molecule has 0 aromatic heterocycles. The van der Waals surface area contributed by atoms with E-state index in [4.69, 9.17) is 23.2 Å². The number of aryl methyl sites for hydroxylation is 2. The summed E-state index contributed by atoms with van der Waals surface area (Å²) in [5.41, 5.74) is 3.38. The van der Waals surface area contributed by atoms with Crippen molar-refractivity contribution in [2.45, 2.75) is 20.3 Å². The van der Waals surface area contributed by atoms with E-state index < -0.39 is 5.92 Å². The molecular formula is C19H18Cl2N2O2. The third-order valence-corrected chi connectivity index (χ3v) is 4.96. The molecule has 1 saturated heterocycles. The zero-order chi connectivity index (χ0) is 18.1. The summed E-state index contributed by atoms with van der Waals surface area (Å²) < 4.78 is 0. The lowest BCUT2D eigenvalue weighted by Crippen LogP contribution is -2.28. The molecule has 4 nitrogen and oxygen atoms in total. The van der Waals surface area contributed by atoms with E-state index in [1.807, 2.05) is 32.0 Å². The van der Waals surface area contributed by atoms with Crippen LogP contribution in [0.2, 0.25) is 10.0 Å². The van der Waals surface area contributed by atoms with Crippen molar-refractivity contribution in [1.82, 2.24) is 0 Å². The molecule has 1 aliphatic heterocycles. The number of para-hydroxylation sites is 1. The van der Waals surface area contributed by atoms with E-state index in [0.717, 1.165) is 16.8 Å². The van der Waals surface area contributed by atoms with Crippen molar-refractivity contribution in [2.75, 3.05) is 16.8 Å². The van der Waals surface area contributed by atoms with Gasteiger partial charge in [-0.2, -0.15) is 0 Å². The van der Waals surface area contributed by atoms with Gasteiger partial charge in [0.15, 0.2) is 0 Å². The largest absolute Gasteiger partial charge is 0.325 e. The number of nitrogens with zero attached hydrogens (tertiary/aromatic N) is 1. The van der Waals surface area contributed by atoms with Crippen LogP contribution in [0.15, 0.2) is 36.4 Å². The molecule has 2 aromatic rings. The fraction of sp³-hybridized carbons (Fsp3) is 0.263. The van der Waals surface area contributed by atoms with E-state index in [1.165, 1.54) is 0 Å². The summed E-state index contributed by atoms with van der Waals surface area (Å²) in [6.07, 6.45) is 0.162. The maximum Gasteiger partial charge on any atom is 0.229 e. The van der Waals surface area contributed by atoms with E-state index in [2.05, 4.69) is 5.32 Å². The topological polar surface area (TPSA) is 49.4 Å². The minimum absolute atomic E-state index is 0.120. The highest BCUT2D eigenvalue weighted by atomic mass is 35.5. The molecule has 25 heavy (non-hydrogen) atoms. The van der Waals surface area contributed by atoms with Crippen molar-refractivity contribution in [3.05, 3.63) is 57.6 Å². The second-order valence-corrected chi connectivity index (χ2v) is 7.10. The molecule has 0 bridgehead atoms. The highest BCUT2D eigenvalue weighted by molar-refractivity contribution is 6.36. The first-order valence-corrected chi connectivity index (χ1v) is 8.75. The van der Waals surface area contributed by atoms with Gasteiger partial charge >= 0.3 is 0 Å². The Bertz CT molecular complexity index is 831. The minimum Gasteiger partial charge on any atom is -0.325 e. The molecule has 130 valence electrons. The molecule has 3 rings (SSSR count). The van der Waals surface area contributed by atoms with Crippen LogP contribution in [0, 0.1) is 19.8 Å². The SMILES string of the molecule is Cc1cccc(C)c1NC(=O)C1CC(=O)N(c2ccc(Cl)cc2Cl)C1. The molecule has 2 amide bonds. The predicted octanol–water partition coefficient (Wildman–Crippen LogP) is 4.60. The van der Waals surface area contributed by atoms with Gasteiger partial charge in [0, 0.05) is 23.7 Å². The highest BCUT2D eigenvalue weighted by Crippen LogP contribution is 2.33. The van der Waals surface area contributed by atoms with Crippen LogP contribution >= 0.6 is 23.2 Å². The van der Waals surface area contributed by atoms with Crippen molar-refractivity contribution >= 4 is 46.4 Å². The summed E-state index contributed by atoms with van der Waals surface area (Å²) in [6.45, 7) is 4.20. The summed E-state index contributed by atoms with van der Waals surface area (Å²) >= 11 is 12.1. The van der Waals surface area contributed by atoms with Gasteiger partial charge in [0.25, 0.3) is 0 Å². The standard InChI is InChI=1S/C19H18Cl2N2O2/c1-11-4-3-5-12(2)18(11)22-19(25)13-8-17(24)23(10-13)16-7-6-14(20)9-15(16)21/h3-7,9,13H,8,10H2,1-2H3,(H,22,25). The Morgan fingerprint density at radius 3 is 2.48 bits per heavy atom. The van der Waals surface area contributed by atoms with Crippen LogP contribution in [0.5, 0.6) is 0 Å². The van der Waals surface area contributed by atoms with Crippen molar-refractivity contribution in [2.24, 2.45) is 5.92 Å². The normalized spacial score (nSPS) is 17.0. The van der Waals surface area contributed by atoms with E-state index in [0.29, 0.717) is 22.3 Å². The van der Waals surface area contributed by atoms with Crippen LogP contribution in [0.25, 0.3) is 0 Å². The van der Waals surface area contributed by atoms with Gasteiger partial charge in [-0.25, -0.2) is 0 Å². The molecule has 0 aliphatic carbocycles. The highest BCUT2D eigenvalue weighted by Gasteiger charge is 2.36. The number of benzene rings is 2. The average molecular weight is 377 g/mol. The number of halogens is 2. The third-order valence-electron chi connectivity index (χ3n) is 4.43. The Morgan fingerprint density at radius 1 is 1.16 bits per heavy atom. The number of carbonyl (C=O) groups excluding carboxylic acids is 2. The number of nitrogens with one attached hydrogen (secondary N) is 1. The summed E-state index contributed by atoms with van der Waals surface area (Å²) in [6, 6.07) is 10.8. The van der Waals surface area contributed by atoms with Gasteiger partial charge in [0.2, 0.25) is 11.8 Å². The van der Waals surface area contributed by atoms with Gasteiger partial charge in [-0.05, 0) is 43.2 Å². The van der Waals surface area contributed by atoms with Crippen molar-refractivity contribution in [3.8, 4) is 0 Å². The Balaban J connectivity index is 1.77. The summed E-state index contributed by atoms with van der Waals surface area (Å²) in [4.78, 5) is 26.6. The number of amides is 2. The molecular weight excluding hydrogens is 359 g/mol. The first-order chi connectivity index (χ1) is 11.9. The summed E-state index contributed by atoms with van der Waals surface area (Å²) in [5, 5.41) is 3.87. The van der Waals surface area contributed by atoms with Crippen LogP contribution in [0.4, 0.5) is 11.4 Å². The first-order valence-electron chi connectivity index (χ1n) is 7.99. The maximum absolute atomic E-state index is 12.6. The van der Waals surface area contributed by atoms with Crippen molar-refractivity contribution in [1.29, 1.82) is 0 Å². The third kappa shape index (κ3) is 3.65. The Kier molecular flexibility index (Phi) is 5.02. The van der Waals surface area contributed by atoms with Gasteiger partial charge in [-0.1, -0.05) is 41.4 Å². The smallest absolute Gasteiger partial charge is 0.229 e. The molecule has 1 unspecified atom stereocenters. The molecule has 0 spiro atoms. The molecule has 0 radical (unpaired) electrons. The average Bonchev–Trinajstić information content (AvgIpc) is 2.93. The lowest BCUT2D eigenvalue weighted by molar-refractivity contribution is -0.122. The van der Waals surface area contributed by atoms with E-state index in [9.17, 15) is 9.59 Å². The predicted molar refractivity (Wildman–Crippen MR) is 101 cm³/mol.